The Morgan fingerprint density at radius 3 is 3.14 bits per heavy atom. The fraction of sp³-hybridized carbons (Fsp3) is 0.364. The molecule has 2 aromatic rings. The topological polar surface area (TPSA) is 17.8 Å². The van der Waals surface area contributed by atoms with Crippen LogP contribution in [0.15, 0.2) is 16.8 Å². The van der Waals surface area contributed by atoms with Gasteiger partial charge in [-0.1, -0.05) is 0 Å². The molecular weight excluding hydrogens is 192 g/mol. The summed E-state index contributed by atoms with van der Waals surface area (Å²) in [6.07, 6.45) is 3.69. The molecule has 0 amide bonds. The molecule has 1 aliphatic rings. The lowest BCUT2D eigenvalue weighted by Gasteiger charge is -1.94. The van der Waals surface area contributed by atoms with Gasteiger partial charge in [0.15, 0.2) is 0 Å². The van der Waals surface area contributed by atoms with E-state index >= 15 is 0 Å². The molecule has 0 spiro atoms. The summed E-state index contributed by atoms with van der Waals surface area (Å²) in [5, 5.41) is 8.90. The molecule has 1 aliphatic carbocycles. The average Bonchev–Trinajstić information content (AvgIpc) is 2.84. The Morgan fingerprint density at radius 2 is 2.36 bits per heavy atom. The second kappa shape index (κ2) is 2.95. The number of hydrogen-bond donors (Lipinski definition) is 0. The lowest BCUT2D eigenvalue weighted by molar-refractivity contribution is 0.709. The lowest BCUT2D eigenvalue weighted by atomic mass is 10.1. The monoisotopic (exact) mass is 204 g/mol. The van der Waals surface area contributed by atoms with Crippen LogP contribution < -0.4 is 0 Å². The van der Waals surface area contributed by atoms with Gasteiger partial charge in [-0.25, -0.2) is 0 Å². The van der Waals surface area contributed by atoms with Crippen molar-refractivity contribution in [3.63, 3.8) is 0 Å². The normalized spacial score (nSPS) is 14.6. The third-order valence-electron chi connectivity index (χ3n) is 2.91. The van der Waals surface area contributed by atoms with E-state index in [1.807, 2.05) is 0 Å². The van der Waals surface area contributed by atoms with Gasteiger partial charge in [0, 0.05) is 29.2 Å². The fourth-order valence-electron chi connectivity index (χ4n) is 2.24. The second-order valence-corrected chi connectivity index (χ2v) is 4.54. The number of thiophene rings is 1. The van der Waals surface area contributed by atoms with E-state index in [0.29, 0.717) is 0 Å². The standard InChI is InChI=1S/C11H12N2S/c1-13-10-4-2-3-9(10)11(12-13)8-5-6-14-7-8/h5-7H,2-4H2,1H3. The number of aromatic nitrogens is 2. The summed E-state index contributed by atoms with van der Waals surface area (Å²) in [7, 11) is 2.06. The van der Waals surface area contributed by atoms with Gasteiger partial charge in [0.25, 0.3) is 0 Å². The summed E-state index contributed by atoms with van der Waals surface area (Å²) < 4.78 is 2.05. The molecule has 72 valence electrons. The van der Waals surface area contributed by atoms with Crippen LogP contribution in [-0.2, 0) is 19.9 Å². The molecule has 2 aromatic heterocycles. The van der Waals surface area contributed by atoms with Crippen molar-refractivity contribution in [3.8, 4) is 11.3 Å². The maximum Gasteiger partial charge on any atom is 0.0966 e. The lowest BCUT2D eigenvalue weighted by Crippen LogP contribution is -1.95. The van der Waals surface area contributed by atoms with E-state index in [9.17, 15) is 0 Å². The predicted octanol–water partition coefficient (Wildman–Crippen LogP) is 2.64. The Bertz CT molecular complexity index is 454. The molecule has 2 heterocycles. The first-order chi connectivity index (χ1) is 6.86. The van der Waals surface area contributed by atoms with Gasteiger partial charge in [-0.15, -0.1) is 0 Å². The first-order valence-corrected chi connectivity index (χ1v) is 5.88. The molecule has 0 bridgehead atoms. The van der Waals surface area contributed by atoms with Crippen LogP contribution in [0.5, 0.6) is 0 Å². The van der Waals surface area contributed by atoms with Gasteiger partial charge in [-0.05, 0) is 30.7 Å². The van der Waals surface area contributed by atoms with Crippen molar-refractivity contribution in [1.82, 2.24) is 9.78 Å². The predicted molar refractivity (Wildman–Crippen MR) is 58.5 cm³/mol. The van der Waals surface area contributed by atoms with Crippen LogP contribution >= 0.6 is 11.3 Å². The van der Waals surface area contributed by atoms with Gasteiger partial charge >= 0.3 is 0 Å². The van der Waals surface area contributed by atoms with Crippen molar-refractivity contribution in [2.75, 3.05) is 0 Å². The van der Waals surface area contributed by atoms with Gasteiger partial charge in [-0.2, -0.15) is 16.4 Å². The quantitative estimate of drug-likeness (QED) is 0.698. The van der Waals surface area contributed by atoms with Crippen LogP contribution in [0, 0.1) is 0 Å². The highest BCUT2D eigenvalue weighted by atomic mass is 32.1. The first-order valence-electron chi connectivity index (χ1n) is 4.93. The molecule has 0 aliphatic heterocycles. The van der Waals surface area contributed by atoms with Gasteiger partial charge in [0.05, 0.1) is 5.69 Å². The van der Waals surface area contributed by atoms with Crippen molar-refractivity contribution in [2.24, 2.45) is 7.05 Å². The zero-order valence-electron chi connectivity index (χ0n) is 8.16. The molecule has 0 atom stereocenters. The van der Waals surface area contributed by atoms with Crippen LogP contribution in [0.25, 0.3) is 11.3 Å². The number of hydrogen-bond acceptors (Lipinski definition) is 2. The Morgan fingerprint density at radius 1 is 1.43 bits per heavy atom. The zero-order chi connectivity index (χ0) is 9.54. The maximum atomic E-state index is 4.60. The Kier molecular flexibility index (Phi) is 1.74. The summed E-state index contributed by atoms with van der Waals surface area (Å²) in [6.45, 7) is 0. The molecule has 2 nitrogen and oxygen atoms in total. The van der Waals surface area contributed by atoms with Crippen molar-refractivity contribution in [1.29, 1.82) is 0 Å². The van der Waals surface area contributed by atoms with Gasteiger partial charge < -0.3 is 0 Å². The summed E-state index contributed by atoms with van der Waals surface area (Å²) in [5.41, 5.74) is 5.41. The molecule has 0 saturated carbocycles. The van der Waals surface area contributed by atoms with E-state index in [4.69, 9.17) is 0 Å². The molecule has 0 saturated heterocycles. The van der Waals surface area contributed by atoms with Crippen LogP contribution in [0.2, 0.25) is 0 Å². The highest BCUT2D eigenvalue weighted by Gasteiger charge is 2.21. The molecule has 3 heteroatoms. The van der Waals surface area contributed by atoms with E-state index in [2.05, 4.69) is 33.7 Å². The maximum absolute atomic E-state index is 4.60. The smallest absolute Gasteiger partial charge is 0.0966 e. The fourth-order valence-corrected chi connectivity index (χ4v) is 2.88. The van der Waals surface area contributed by atoms with Gasteiger partial charge in [0.2, 0.25) is 0 Å². The minimum absolute atomic E-state index is 1.20. The number of rotatable bonds is 1. The summed E-state index contributed by atoms with van der Waals surface area (Å²) in [5.74, 6) is 0. The van der Waals surface area contributed by atoms with Crippen molar-refractivity contribution < 1.29 is 0 Å². The molecule has 14 heavy (non-hydrogen) atoms. The molecule has 0 aromatic carbocycles. The number of fused-ring (bicyclic) bond motifs is 1. The van der Waals surface area contributed by atoms with E-state index in [-0.39, 0.29) is 0 Å². The minimum Gasteiger partial charge on any atom is -0.272 e. The van der Waals surface area contributed by atoms with Crippen molar-refractivity contribution >= 4 is 11.3 Å². The van der Waals surface area contributed by atoms with E-state index in [1.54, 1.807) is 11.3 Å². The Labute approximate surface area is 87.2 Å². The van der Waals surface area contributed by atoms with Crippen LogP contribution in [0.3, 0.4) is 0 Å². The third kappa shape index (κ3) is 1.05. The first kappa shape index (κ1) is 8.24. The SMILES string of the molecule is Cn1nc(-c2ccsc2)c2c1CCC2. The van der Waals surface area contributed by atoms with Crippen molar-refractivity contribution in [2.45, 2.75) is 19.3 Å². The molecule has 0 radical (unpaired) electrons. The molecule has 0 N–H and O–H groups in total. The van der Waals surface area contributed by atoms with E-state index < -0.39 is 0 Å². The highest BCUT2D eigenvalue weighted by Crippen LogP contribution is 2.32. The van der Waals surface area contributed by atoms with Gasteiger partial charge in [-0.3, -0.25) is 4.68 Å². The van der Waals surface area contributed by atoms with E-state index in [1.165, 1.54) is 41.8 Å². The zero-order valence-corrected chi connectivity index (χ0v) is 8.97. The summed E-state index contributed by atoms with van der Waals surface area (Å²) >= 11 is 1.74. The molecule has 0 fully saturated rings. The van der Waals surface area contributed by atoms with Crippen LogP contribution in [0.1, 0.15) is 17.7 Å². The summed E-state index contributed by atoms with van der Waals surface area (Å²) in [6, 6.07) is 2.16. The Balaban J connectivity index is 2.20. The minimum atomic E-state index is 1.20. The number of nitrogens with zero attached hydrogens (tertiary/aromatic N) is 2. The third-order valence-corrected chi connectivity index (χ3v) is 3.59. The van der Waals surface area contributed by atoms with Gasteiger partial charge in [0.1, 0.15) is 0 Å². The summed E-state index contributed by atoms with van der Waals surface area (Å²) in [4.78, 5) is 0. The Hall–Kier alpha value is -1.09. The highest BCUT2D eigenvalue weighted by molar-refractivity contribution is 7.08. The van der Waals surface area contributed by atoms with Crippen LogP contribution in [0.4, 0.5) is 0 Å². The van der Waals surface area contributed by atoms with E-state index in [0.717, 1.165) is 0 Å². The molecular formula is C11H12N2S. The molecule has 0 unspecified atom stereocenters. The van der Waals surface area contributed by atoms with Crippen LogP contribution in [-0.4, -0.2) is 9.78 Å². The largest absolute Gasteiger partial charge is 0.272 e. The average molecular weight is 204 g/mol. The number of aryl methyl sites for hydroxylation is 1. The molecule has 3 rings (SSSR count). The second-order valence-electron chi connectivity index (χ2n) is 3.76. The van der Waals surface area contributed by atoms with Crippen molar-refractivity contribution in [3.05, 3.63) is 28.1 Å².